The Labute approximate surface area is 61.2 Å². The molecule has 2 unspecified atom stereocenters. The maximum absolute atomic E-state index is 12.1. The van der Waals surface area contributed by atoms with E-state index in [2.05, 4.69) is 4.90 Å². The predicted molar refractivity (Wildman–Crippen MR) is 39.6 cm³/mol. The lowest BCUT2D eigenvalue weighted by atomic mass is 9.96. The van der Waals surface area contributed by atoms with Crippen molar-refractivity contribution in [1.82, 2.24) is 4.90 Å². The molecule has 0 spiro atoms. The van der Waals surface area contributed by atoms with Crippen LogP contribution in [0.15, 0.2) is 0 Å². The van der Waals surface area contributed by atoms with Crippen molar-refractivity contribution in [2.45, 2.75) is 12.5 Å². The lowest BCUT2D eigenvalue weighted by Gasteiger charge is -2.32. The molecule has 1 aliphatic heterocycles. The van der Waals surface area contributed by atoms with Gasteiger partial charge in [-0.05, 0) is 13.5 Å². The zero-order valence-electron chi connectivity index (χ0n) is 6.39. The summed E-state index contributed by atoms with van der Waals surface area (Å²) in [6, 6.07) is 0.180. The van der Waals surface area contributed by atoms with E-state index in [1.807, 2.05) is 7.05 Å². The number of rotatable bonds is 1. The highest BCUT2D eigenvalue weighted by Crippen LogP contribution is 2.14. The lowest BCUT2D eigenvalue weighted by molar-refractivity contribution is 0.164. The van der Waals surface area contributed by atoms with Crippen molar-refractivity contribution in [3.63, 3.8) is 0 Å². The Morgan fingerprint density at radius 2 is 2.30 bits per heavy atom. The van der Waals surface area contributed by atoms with Crippen LogP contribution in [0.2, 0.25) is 0 Å². The minimum atomic E-state index is -0.224. The molecule has 0 aromatic carbocycles. The molecule has 2 atom stereocenters. The number of piperidine rings is 1. The summed E-state index contributed by atoms with van der Waals surface area (Å²) in [5.41, 5.74) is 5.68. The molecule has 1 heterocycles. The molecule has 0 aliphatic carbocycles. The lowest BCUT2D eigenvalue weighted by Crippen LogP contribution is -2.45. The third kappa shape index (κ3) is 1.92. The second-order valence-electron chi connectivity index (χ2n) is 3.24. The summed E-state index contributed by atoms with van der Waals surface area (Å²) in [7, 11) is 1.99. The number of likely N-dealkylation sites (tertiary alicyclic amines) is 1. The number of halogens is 1. The van der Waals surface area contributed by atoms with Crippen LogP contribution in [0.1, 0.15) is 6.42 Å². The van der Waals surface area contributed by atoms with Gasteiger partial charge in [0.15, 0.2) is 0 Å². The molecular weight excluding hydrogens is 131 g/mol. The van der Waals surface area contributed by atoms with Gasteiger partial charge in [0, 0.05) is 25.0 Å². The molecule has 0 bridgehead atoms. The van der Waals surface area contributed by atoms with E-state index in [9.17, 15) is 4.39 Å². The molecule has 1 rings (SSSR count). The fourth-order valence-corrected chi connectivity index (χ4v) is 1.60. The van der Waals surface area contributed by atoms with Crippen molar-refractivity contribution in [2.24, 2.45) is 11.7 Å². The molecule has 60 valence electrons. The molecule has 0 saturated carbocycles. The van der Waals surface area contributed by atoms with E-state index in [0.717, 1.165) is 19.5 Å². The first-order chi connectivity index (χ1) is 4.72. The fourth-order valence-electron chi connectivity index (χ4n) is 1.60. The van der Waals surface area contributed by atoms with Gasteiger partial charge < -0.3 is 10.6 Å². The van der Waals surface area contributed by atoms with Gasteiger partial charge in [-0.15, -0.1) is 0 Å². The van der Waals surface area contributed by atoms with Crippen LogP contribution in [0.5, 0.6) is 0 Å². The minimum absolute atomic E-state index is 0.175. The summed E-state index contributed by atoms with van der Waals surface area (Å²) in [6.45, 7) is 1.55. The summed E-state index contributed by atoms with van der Waals surface area (Å²) in [6.07, 6.45) is 0.848. The summed E-state index contributed by atoms with van der Waals surface area (Å²) >= 11 is 0. The first-order valence-corrected chi connectivity index (χ1v) is 3.72. The molecule has 1 fully saturated rings. The van der Waals surface area contributed by atoms with Crippen molar-refractivity contribution < 1.29 is 4.39 Å². The predicted octanol–water partition coefficient (Wildman–Crippen LogP) is 0.235. The Hall–Kier alpha value is -0.150. The van der Waals surface area contributed by atoms with Crippen LogP contribution >= 0.6 is 0 Å². The van der Waals surface area contributed by atoms with E-state index in [1.165, 1.54) is 0 Å². The first kappa shape index (κ1) is 7.95. The van der Waals surface area contributed by atoms with E-state index in [1.54, 1.807) is 0 Å². The summed E-state index contributed by atoms with van der Waals surface area (Å²) in [4.78, 5) is 2.10. The normalized spacial score (nSPS) is 36.3. The molecule has 2 nitrogen and oxygen atoms in total. The molecular formula is C7H15FN2. The quantitative estimate of drug-likeness (QED) is 0.574. The maximum Gasteiger partial charge on any atom is 0.0935 e. The average Bonchev–Trinajstić information content (AvgIpc) is 1.85. The summed E-state index contributed by atoms with van der Waals surface area (Å²) in [5, 5.41) is 0. The van der Waals surface area contributed by atoms with Crippen LogP contribution in [-0.2, 0) is 0 Å². The van der Waals surface area contributed by atoms with Gasteiger partial charge >= 0.3 is 0 Å². The van der Waals surface area contributed by atoms with Gasteiger partial charge in [0.25, 0.3) is 0 Å². The van der Waals surface area contributed by atoms with Gasteiger partial charge in [-0.3, -0.25) is 4.39 Å². The van der Waals surface area contributed by atoms with E-state index in [0.29, 0.717) is 0 Å². The third-order valence-electron chi connectivity index (χ3n) is 1.97. The van der Waals surface area contributed by atoms with Crippen molar-refractivity contribution in [1.29, 1.82) is 0 Å². The molecule has 0 amide bonds. The van der Waals surface area contributed by atoms with Gasteiger partial charge in [-0.1, -0.05) is 0 Å². The van der Waals surface area contributed by atoms with E-state index in [4.69, 9.17) is 5.73 Å². The smallest absolute Gasteiger partial charge is 0.0935 e. The number of hydrogen-bond acceptors (Lipinski definition) is 2. The SMILES string of the molecule is CN1CC(N)CC(CF)C1. The van der Waals surface area contributed by atoms with E-state index < -0.39 is 0 Å². The minimum Gasteiger partial charge on any atom is -0.327 e. The van der Waals surface area contributed by atoms with Crippen LogP contribution in [0.25, 0.3) is 0 Å². The topological polar surface area (TPSA) is 29.3 Å². The van der Waals surface area contributed by atoms with Crippen molar-refractivity contribution in [3.8, 4) is 0 Å². The number of alkyl halides is 1. The van der Waals surface area contributed by atoms with Gasteiger partial charge in [0.05, 0.1) is 6.67 Å². The van der Waals surface area contributed by atoms with Crippen LogP contribution in [0, 0.1) is 5.92 Å². The Balaban J connectivity index is 2.35. The average molecular weight is 146 g/mol. The Morgan fingerprint density at radius 3 is 2.80 bits per heavy atom. The van der Waals surface area contributed by atoms with Crippen molar-refractivity contribution >= 4 is 0 Å². The zero-order valence-corrected chi connectivity index (χ0v) is 6.39. The molecule has 2 N–H and O–H groups in total. The van der Waals surface area contributed by atoms with Gasteiger partial charge in [-0.25, -0.2) is 0 Å². The fraction of sp³-hybridized carbons (Fsp3) is 1.00. The highest BCUT2D eigenvalue weighted by atomic mass is 19.1. The van der Waals surface area contributed by atoms with Crippen LogP contribution in [-0.4, -0.2) is 37.8 Å². The van der Waals surface area contributed by atoms with Crippen LogP contribution < -0.4 is 5.73 Å². The van der Waals surface area contributed by atoms with E-state index >= 15 is 0 Å². The molecule has 10 heavy (non-hydrogen) atoms. The summed E-state index contributed by atoms with van der Waals surface area (Å²) in [5.74, 6) is 0.175. The number of nitrogens with two attached hydrogens (primary N) is 1. The molecule has 1 saturated heterocycles. The highest BCUT2D eigenvalue weighted by Gasteiger charge is 2.21. The molecule has 0 aromatic rings. The molecule has 0 radical (unpaired) electrons. The van der Waals surface area contributed by atoms with Gasteiger partial charge in [0.2, 0.25) is 0 Å². The molecule has 3 heteroatoms. The monoisotopic (exact) mass is 146 g/mol. The van der Waals surface area contributed by atoms with Crippen LogP contribution in [0.3, 0.4) is 0 Å². The Bertz CT molecular complexity index is 97.8. The first-order valence-electron chi connectivity index (χ1n) is 3.72. The largest absolute Gasteiger partial charge is 0.327 e. The summed E-state index contributed by atoms with van der Waals surface area (Å²) < 4.78 is 12.1. The molecule has 1 aliphatic rings. The third-order valence-corrected chi connectivity index (χ3v) is 1.97. The van der Waals surface area contributed by atoms with Crippen LogP contribution in [0.4, 0.5) is 4.39 Å². The van der Waals surface area contributed by atoms with Gasteiger partial charge in [0.1, 0.15) is 0 Å². The number of likely N-dealkylation sites (N-methyl/N-ethyl adjacent to an activating group) is 1. The second kappa shape index (κ2) is 3.30. The van der Waals surface area contributed by atoms with Gasteiger partial charge in [-0.2, -0.15) is 0 Å². The molecule has 0 aromatic heterocycles. The number of hydrogen-bond donors (Lipinski definition) is 1. The maximum atomic E-state index is 12.1. The second-order valence-corrected chi connectivity index (χ2v) is 3.24. The Kier molecular flexibility index (Phi) is 2.63. The number of nitrogens with zero attached hydrogens (tertiary/aromatic N) is 1. The standard InChI is InChI=1S/C7H15FN2/c1-10-4-6(3-8)2-7(9)5-10/h6-7H,2-5,9H2,1H3. The highest BCUT2D eigenvalue weighted by molar-refractivity contribution is 4.78. The Morgan fingerprint density at radius 1 is 1.60 bits per heavy atom. The van der Waals surface area contributed by atoms with Crippen molar-refractivity contribution in [3.05, 3.63) is 0 Å². The zero-order chi connectivity index (χ0) is 7.56. The van der Waals surface area contributed by atoms with Crippen molar-refractivity contribution in [2.75, 3.05) is 26.8 Å². The van der Waals surface area contributed by atoms with E-state index in [-0.39, 0.29) is 18.6 Å².